The van der Waals surface area contributed by atoms with Gasteiger partial charge in [-0.2, -0.15) is 0 Å². The molecule has 0 aliphatic heterocycles. The van der Waals surface area contributed by atoms with Crippen molar-refractivity contribution in [2.24, 2.45) is 0 Å². The van der Waals surface area contributed by atoms with Crippen LogP contribution in [0.1, 0.15) is 37.0 Å². The van der Waals surface area contributed by atoms with Gasteiger partial charge in [-0.3, -0.25) is 4.79 Å². The number of hydrogen-bond donors (Lipinski definition) is 0. The Kier molecular flexibility index (Phi) is 5.94. The van der Waals surface area contributed by atoms with Crippen molar-refractivity contribution < 1.29 is 23.5 Å². The van der Waals surface area contributed by atoms with Crippen molar-refractivity contribution in [3.05, 3.63) is 75.0 Å². The summed E-state index contributed by atoms with van der Waals surface area (Å²) >= 11 is 1.65. The molecular weight excluding hydrogens is 381 g/mol. The highest BCUT2D eigenvalue weighted by Crippen LogP contribution is 2.21. The number of hydrogen-bond acceptors (Lipinski definition) is 5. The van der Waals surface area contributed by atoms with Crippen LogP contribution in [0.5, 0.6) is 5.75 Å². The van der Waals surface area contributed by atoms with Crippen molar-refractivity contribution in [2.75, 3.05) is 13.7 Å². The van der Waals surface area contributed by atoms with Gasteiger partial charge in [-0.1, -0.05) is 6.07 Å². The molecule has 0 amide bonds. The van der Waals surface area contributed by atoms with Crippen LogP contribution in [0.4, 0.5) is 4.39 Å². The van der Waals surface area contributed by atoms with Crippen LogP contribution >= 0.6 is 11.3 Å². The molecule has 0 radical (unpaired) electrons. The average Bonchev–Trinajstić information content (AvgIpc) is 3.29. The zero-order valence-corrected chi connectivity index (χ0v) is 16.6. The SMILES string of the molecule is COc1ccc(C(=O)OCC(=O)c2cc(C)n(Cc3cccs3)c2C)c(F)c1. The maximum atomic E-state index is 14.0. The van der Waals surface area contributed by atoms with E-state index in [0.717, 1.165) is 17.5 Å². The summed E-state index contributed by atoms with van der Waals surface area (Å²) in [6.45, 7) is 4.02. The second kappa shape index (κ2) is 8.39. The number of halogens is 1. The largest absolute Gasteiger partial charge is 0.497 e. The fraction of sp³-hybridized carbons (Fsp3) is 0.238. The molecule has 0 saturated carbocycles. The van der Waals surface area contributed by atoms with Crippen molar-refractivity contribution in [1.29, 1.82) is 0 Å². The van der Waals surface area contributed by atoms with E-state index >= 15 is 0 Å². The van der Waals surface area contributed by atoms with Crippen molar-refractivity contribution in [3.63, 3.8) is 0 Å². The van der Waals surface area contributed by atoms with Gasteiger partial charge in [-0.15, -0.1) is 11.3 Å². The van der Waals surface area contributed by atoms with E-state index in [2.05, 4.69) is 0 Å². The van der Waals surface area contributed by atoms with Crippen LogP contribution in [-0.4, -0.2) is 30.0 Å². The Hall–Kier alpha value is -2.93. The molecule has 0 N–H and O–H groups in total. The minimum Gasteiger partial charge on any atom is -0.497 e. The molecule has 146 valence electrons. The van der Waals surface area contributed by atoms with Gasteiger partial charge < -0.3 is 14.0 Å². The van der Waals surface area contributed by atoms with Gasteiger partial charge in [0.1, 0.15) is 11.6 Å². The molecule has 0 saturated heterocycles. The number of carbonyl (C=O) groups is 2. The Morgan fingerprint density at radius 3 is 2.57 bits per heavy atom. The molecule has 2 heterocycles. The van der Waals surface area contributed by atoms with E-state index in [0.29, 0.717) is 17.9 Å². The Labute approximate surface area is 166 Å². The smallest absolute Gasteiger partial charge is 0.341 e. The number of aryl methyl sites for hydroxylation is 1. The van der Waals surface area contributed by atoms with Crippen LogP contribution in [-0.2, 0) is 11.3 Å². The molecular formula is C21H20FNO4S. The highest BCUT2D eigenvalue weighted by molar-refractivity contribution is 7.09. The van der Waals surface area contributed by atoms with Crippen LogP contribution in [0, 0.1) is 19.7 Å². The number of aromatic nitrogens is 1. The van der Waals surface area contributed by atoms with E-state index in [4.69, 9.17) is 9.47 Å². The molecule has 0 atom stereocenters. The summed E-state index contributed by atoms with van der Waals surface area (Å²) in [6.07, 6.45) is 0. The second-order valence-electron chi connectivity index (χ2n) is 6.30. The normalized spacial score (nSPS) is 10.7. The van der Waals surface area contributed by atoms with E-state index in [-0.39, 0.29) is 11.3 Å². The molecule has 7 heteroatoms. The minimum absolute atomic E-state index is 0.239. The van der Waals surface area contributed by atoms with Crippen molar-refractivity contribution in [2.45, 2.75) is 20.4 Å². The molecule has 0 spiro atoms. The number of ether oxygens (including phenoxy) is 2. The first kappa shape index (κ1) is 19.8. The fourth-order valence-corrected chi connectivity index (χ4v) is 3.65. The van der Waals surface area contributed by atoms with Gasteiger partial charge in [0.25, 0.3) is 0 Å². The Bertz CT molecular complexity index is 1010. The maximum absolute atomic E-state index is 14.0. The molecule has 0 bridgehead atoms. The summed E-state index contributed by atoms with van der Waals surface area (Å²) in [7, 11) is 1.40. The van der Waals surface area contributed by atoms with Crippen LogP contribution in [0.3, 0.4) is 0 Å². The number of rotatable bonds is 7. The van der Waals surface area contributed by atoms with Crippen molar-refractivity contribution in [3.8, 4) is 5.75 Å². The Morgan fingerprint density at radius 1 is 1.14 bits per heavy atom. The zero-order valence-electron chi connectivity index (χ0n) is 15.8. The second-order valence-corrected chi connectivity index (χ2v) is 7.33. The molecule has 5 nitrogen and oxygen atoms in total. The quantitative estimate of drug-likeness (QED) is 0.435. The van der Waals surface area contributed by atoms with Gasteiger partial charge in [0.2, 0.25) is 5.78 Å². The fourth-order valence-electron chi connectivity index (χ4n) is 2.96. The topological polar surface area (TPSA) is 57.5 Å². The predicted molar refractivity (Wildman–Crippen MR) is 105 cm³/mol. The predicted octanol–water partition coefficient (Wildman–Crippen LogP) is 4.40. The third-order valence-electron chi connectivity index (χ3n) is 4.50. The van der Waals surface area contributed by atoms with E-state index < -0.39 is 18.4 Å². The number of carbonyl (C=O) groups excluding carboxylic acids is 2. The van der Waals surface area contributed by atoms with Crippen LogP contribution < -0.4 is 4.74 Å². The highest BCUT2D eigenvalue weighted by atomic mass is 32.1. The lowest BCUT2D eigenvalue weighted by Crippen LogP contribution is -2.16. The van der Waals surface area contributed by atoms with Crippen molar-refractivity contribution in [1.82, 2.24) is 4.57 Å². The molecule has 0 aliphatic carbocycles. The van der Waals surface area contributed by atoms with Crippen LogP contribution in [0.15, 0.2) is 41.8 Å². The number of ketones is 1. The number of thiophene rings is 1. The molecule has 3 aromatic rings. The summed E-state index contributed by atoms with van der Waals surface area (Å²) in [5.41, 5.74) is 2.01. The van der Waals surface area contributed by atoms with Gasteiger partial charge in [-0.25, -0.2) is 9.18 Å². The minimum atomic E-state index is -0.888. The summed E-state index contributed by atoms with van der Waals surface area (Å²) in [4.78, 5) is 25.8. The lowest BCUT2D eigenvalue weighted by atomic mass is 10.1. The standard InChI is InChI=1S/C21H20FNO4S/c1-13-9-18(14(2)23(13)11-16-5-4-8-28-16)20(24)12-27-21(25)17-7-6-15(26-3)10-19(17)22/h4-10H,11-12H2,1-3H3. The third-order valence-corrected chi connectivity index (χ3v) is 5.36. The molecule has 28 heavy (non-hydrogen) atoms. The van der Waals surface area contributed by atoms with Crippen LogP contribution in [0.2, 0.25) is 0 Å². The van der Waals surface area contributed by atoms with Gasteiger partial charge in [-0.05, 0) is 43.5 Å². The number of esters is 1. The third kappa shape index (κ3) is 4.14. The van der Waals surface area contributed by atoms with E-state index in [1.807, 2.05) is 35.9 Å². The number of methoxy groups -OCH3 is 1. The number of nitrogens with zero attached hydrogens (tertiary/aromatic N) is 1. The molecule has 3 rings (SSSR count). The van der Waals surface area contributed by atoms with E-state index in [1.165, 1.54) is 24.1 Å². The highest BCUT2D eigenvalue weighted by Gasteiger charge is 2.20. The zero-order chi connectivity index (χ0) is 20.3. The molecule has 0 aliphatic rings. The Balaban J connectivity index is 1.69. The molecule has 0 unspecified atom stereocenters. The first-order chi connectivity index (χ1) is 13.4. The number of Topliss-reactive ketones (excluding diaryl/α,β-unsaturated/α-hetero) is 1. The van der Waals surface area contributed by atoms with Crippen LogP contribution in [0.25, 0.3) is 0 Å². The lowest BCUT2D eigenvalue weighted by Gasteiger charge is -2.09. The maximum Gasteiger partial charge on any atom is 0.341 e. The van der Waals surface area contributed by atoms with Gasteiger partial charge in [0.15, 0.2) is 6.61 Å². The summed E-state index contributed by atoms with van der Waals surface area (Å²) in [5, 5.41) is 2.01. The molecule has 0 fully saturated rings. The van der Waals surface area contributed by atoms with Gasteiger partial charge in [0, 0.05) is 27.9 Å². The molecule has 2 aromatic heterocycles. The van der Waals surface area contributed by atoms with Crippen molar-refractivity contribution >= 4 is 23.1 Å². The summed E-state index contributed by atoms with van der Waals surface area (Å²) in [6, 6.07) is 9.63. The Morgan fingerprint density at radius 2 is 1.93 bits per heavy atom. The monoisotopic (exact) mass is 401 g/mol. The van der Waals surface area contributed by atoms with Gasteiger partial charge in [0.05, 0.1) is 19.2 Å². The van der Waals surface area contributed by atoms with E-state index in [1.54, 1.807) is 17.4 Å². The number of benzene rings is 1. The summed E-state index contributed by atoms with van der Waals surface area (Å²) < 4.78 is 25.9. The lowest BCUT2D eigenvalue weighted by molar-refractivity contribution is 0.0470. The average molecular weight is 401 g/mol. The first-order valence-corrected chi connectivity index (χ1v) is 9.51. The van der Waals surface area contributed by atoms with Gasteiger partial charge >= 0.3 is 5.97 Å². The molecule has 1 aromatic carbocycles. The first-order valence-electron chi connectivity index (χ1n) is 8.63. The summed E-state index contributed by atoms with van der Waals surface area (Å²) in [5.74, 6) is -1.68. The van der Waals surface area contributed by atoms with E-state index in [9.17, 15) is 14.0 Å².